The topological polar surface area (TPSA) is 76.4 Å². The van der Waals surface area contributed by atoms with Gasteiger partial charge in [0.25, 0.3) is 0 Å². The molecule has 6 nitrogen and oxygen atoms in total. The number of carbonyl (C=O) groups excluding carboxylic acids is 1. The maximum absolute atomic E-state index is 12.5. The smallest absolute Gasteiger partial charge is 0.412 e. The minimum absolute atomic E-state index is 0.00526. The van der Waals surface area contributed by atoms with Gasteiger partial charge in [-0.1, -0.05) is 48.5 Å². The van der Waals surface area contributed by atoms with Crippen LogP contribution >= 0.6 is 15.9 Å². The molecule has 0 radical (unpaired) electrons. The third-order valence-electron chi connectivity index (χ3n) is 4.93. The molecular weight excluding hydrogens is 422 g/mol. The molecule has 1 amide bonds. The maximum Gasteiger partial charge on any atom is 0.412 e. The zero-order valence-electron chi connectivity index (χ0n) is 15.4. The Morgan fingerprint density at radius 2 is 1.79 bits per heavy atom. The molecular formula is C21H20BrN3O3. The van der Waals surface area contributed by atoms with Crippen molar-refractivity contribution in [2.24, 2.45) is 0 Å². The van der Waals surface area contributed by atoms with Crippen LogP contribution in [-0.2, 0) is 11.3 Å². The van der Waals surface area contributed by atoms with E-state index < -0.39 is 6.09 Å². The minimum atomic E-state index is -0.554. The Hall–Kier alpha value is -2.64. The number of carbonyl (C=O) groups is 1. The first kappa shape index (κ1) is 18.7. The molecule has 1 aliphatic rings. The molecule has 4 rings (SSSR count). The molecule has 1 aliphatic carbocycles. The Labute approximate surface area is 171 Å². The molecule has 0 unspecified atom stereocenters. The van der Waals surface area contributed by atoms with E-state index >= 15 is 0 Å². The van der Waals surface area contributed by atoms with Gasteiger partial charge in [-0.15, -0.1) is 0 Å². The van der Waals surface area contributed by atoms with Crippen LogP contribution in [0, 0.1) is 6.92 Å². The van der Waals surface area contributed by atoms with E-state index in [9.17, 15) is 9.90 Å². The molecule has 1 heterocycles. The number of amides is 1. The average Bonchev–Trinajstić information content (AvgIpc) is 3.16. The van der Waals surface area contributed by atoms with Gasteiger partial charge in [-0.3, -0.25) is 5.32 Å². The Bertz CT molecular complexity index is 986. The van der Waals surface area contributed by atoms with Crippen molar-refractivity contribution < 1.29 is 14.6 Å². The first-order valence-corrected chi connectivity index (χ1v) is 9.85. The number of rotatable bonds is 5. The molecule has 0 saturated carbocycles. The van der Waals surface area contributed by atoms with Crippen molar-refractivity contribution in [1.29, 1.82) is 0 Å². The predicted octanol–water partition coefficient (Wildman–Crippen LogP) is 4.31. The Morgan fingerprint density at radius 1 is 1.18 bits per heavy atom. The second kappa shape index (κ2) is 7.77. The summed E-state index contributed by atoms with van der Waals surface area (Å²) in [4.78, 5) is 12.5. The highest BCUT2D eigenvalue weighted by molar-refractivity contribution is 9.10. The maximum atomic E-state index is 12.5. The molecule has 0 atom stereocenters. The number of aliphatic hydroxyl groups excluding tert-OH is 1. The molecule has 1 aromatic heterocycles. The molecule has 0 aliphatic heterocycles. The standard InChI is InChI=1S/C21H20BrN3O3/c1-13-19(22)20(25(24-13)10-11-26)23-21(27)28-12-18-16-8-4-2-6-14(16)15-7-3-5-9-17(15)18/h2-9,18,26H,10-12H2,1H3,(H,23,27). The van der Waals surface area contributed by atoms with Gasteiger partial charge in [0.1, 0.15) is 12.4 Å². The van der Waals surface area contributed by atoms with Crippen LogP contribution in [0.3, 0.4) is 0 Å². The zero-order chi connectivity index (χ0) is 19.7. The predicted molar refractivity (Wildman–Crippen MR) is 110 cm³/mol. The summed E-state index contributed by atoms with van der Waals surface area (Å²) in [6.07, 6.45) is -0.554. The van der Waals surface area contributed by atoms with Gasteiger partial charge < -0.3 is 9.84 Å². The molecule has 0 saturated heterocycles. The van der Waals surface area contributed by atoms with Gasteiger partial charge >= 0.3 is 6.09 Å². The summed E-state index contributed by atoms with van der Waals surface area (Å²) < 4.78 is 7.78. The summed E-state index contributed by atoms with van der Waals surface area (Å²) in [5.74, 6) is 0.481. The molecule has 0 spiro atoms. The molecule has 7 heteroatoms. The third kappa shape index (κ3) is 3.31. The highest BCUT2D eigenvalue weighted by atomic mass is 79.9. The summed E-state index contributed by atoms with van der Waals surface area (Å²) in [5, 5.41) is 16.2. The van der Waals surface area contributed by atoms with Gasteiger partial charge in [0, 0.05) is 5.92 Å². The van der Waals surface area contributed by atoms with Gasteiger partial charge in [0.2, 0.25) is 0 Å². The number of anilines is 1. The van der Waals surface area contributed by atoms with Crippen LogP contribution < -0.4 is 5.32 Å². The van der Waals surface area contributed by atoms with Crippen molar-refractivity contribution in [2.45, 2.75) is 19.4 Å². The van der Waals surface area contributed by atoms with Crippen molar-refractivity contribution in [3.8, 4) is 11.1 Å². The van der Waals surface area contributed by atoms with Crippen molar-refractivity contribution >= 4 is 27.8 Å². The first-order chi connectivity index (χ1) is 13.6. The number of nitrogens with one attached hydrogen (secondary N) is 1. The van der Waals surface area contributed by atoms with E-state index in [0.29, 0.717) is 10.3 Å². The van der Waals surface area contributed by atoms with Gasteiger partial charge in [-0.05, 0) is 45.1 Å². The van der Waals surface area contributed by atoms with E-state index in [2.05, 4.69) is 50.6 Å². The molecule has 28 heavy (non-hydrogen) atoms. The van der Waals surface area contributed by atoms with E-state index in [0.717, 1.165) is 5.69 Å². The minimum Gasteiger partial charge on any atom is -0.448 e. The van der Waals surface area contributed by atoms with Gasteiger partial charge in [0.15, 0.2) is 0 Å². The van der Waals surface area contributed by atoms with Crippen LogP contribution in [0.25, 0.3) is 11.1 Å². The van der Waals surface area contributed by atoms with Crippen LogP contribution in [0.5, 0.6) is 0 Å². The lowest BCUT2D eigenvalue weighted by Crippen LogP contribution is -2.20. The van der Waals surface area contributed by atoms with Gasteiger partial charge in [0.05, 0.1) is 23.3 Å². The largest absolute Gasteiger partial charge is 0.448 e. The zero-order valence-corrected chi connectivity index (χ0v) is 16.9. The number of ether oxygens (including phenoxy) is 1. The molecule has 144 valence electrons. The van der Waals surface area contributed by atoms with Crippen molar-refractivity contribution in [2.75, 3.05) is 18.5 Å². The van der Waals surface area contributed by atoms with Crippen LogP contribution in [0.4, 0.5) is 10.6 Å². The second-order valence-electron chi connectivity index (χ2n) is 6.65. The third-order valence-corrected chi connectivity index (χ3v) is 5.88. The second-order valence-corrected chi connectivity index (χ2v) is 7.44. The summed E-state index contributed by atoms with van der Waals surface area (Å²) in [7, 11) is 0. The van der Waals surface area contributed by atoms with E-state index in [4.69, 9.17) is 4.74 Å². The number of aromatic nitrogens is 2. The SMILES string of the molecule is Cc1nn(CCO)c(NC(=O)OCC2c3ccccc3-c3ccccc32)c1Br. The number of benzene rings is 2. The normalized spacial score (nSPS) is 12.5. The lowest BCUT2D eigenvalue weighted by molar-refractivity contribution is 0.158. The quantitative estimate of drug-likeness (QED) is 0.618. The number of fused-ring (bicyclic) bond motifs is 3. The number of nitrogens with zero attached hydrogens (tertiary/aromatic N) is 2. The van der Waals surface area contributed by atoms with E-state index in [1.54, 1.807) is 4.68 Å². The Balaban J connectivity index is 1.51. The van der Waals surface area contributed by atoms with Gasteiger partial charge in [-0.25, -0.2) is 9.48 Å². The number of halogens is 1. The molecule has 2 aromatic carbocycles. The monoisotopic (exact) mass is 441 g/mol. The Kier molecular flexibility index (Phi) is 5.19. The molecule has 3 aromatic rings. The Morgan fingerprint density at radius 3 is 2.39 bits per heavy atom. The van der Waals surface area contributed by atoms with Crippen molar-refractivity contribution in [3.05, 3.63) is 69.8 Å². The van der Waals surface area contributed by atoms with E-state index in [1.807, 2.05) is 31.2 Å². The fourth-order valence-electron chi connectivity index (χ4n) is 3.67. The molecule has 0 bridgehead atoms. The summed E-state index contributed by atoms with van der Waals surface area (Å²) in [6, 6.07) is 16.4. The van der Waals surface area contributed by atoms with Gasteiger partial charge in [-0.2, -0.15) is 5.10 Å². The van der Waals surface area contributed by atoms with Crippen LogP contribution in [0.1, 0.15) is 22.7 Å². The van der Waals surface area contributed by atoms with E-state index in [1.165, 1.54) is 22.3 Å². The highest BCUT2D eigenvalue weighted by Crippen LogP contribution is 2.44. The van der Waals surface area contributed by atoms with Crippen molar-refractivity contribution in [3.63, 3.8) is 0 Å². The summed E-state index contributed by atoms with van der Waals surface area (Å²) >= 11 is 3.42. The van der Waals surface area contributed by atoms with E-state index in [-0.39, 0.29) is 25.7 Å². The number of hydrogen-bond acceptors (Lipinski definition) is 4. The first-order valence-electron chi connectivity index (χ1n) is 9.06. The molecule has 2 N–H and O–H groups in total. The van der Waals surface area contributed by atoms with Crippen LogP contribution in [0.2, 0.25) is 0 Å². The number of aliphatic hydroxyl groups is 1. The fourth-order valence-corrected chi connectivity index (χ4v) is 4.05. The number of hydrogen-bond donors (Lipinski definition) is 2. The lowest BCUT2D eigenvalue weighted by Gasteiger charge is -2.15. The molecule has 0 fully saturated rings. The summed E-state index contributed by atoms with van der Waals surface area (Å²) in [5.41, 5.74) is 5.43. The fraction of sp³-hybridized carbons (Fsp3) is 0.238. The van der Waals surface area contributed by atoms with Crippen LogP contribution in [-0.4, -0.2) is 34.2 Å². The lowest BCUT2D eigenvalue weighted by atomic mass is 9.98. The summed E-state index contributed by atoms with van der Waals surface area (Å²) in [6.45, 7) is 2.27. The average molecular weight is 442 g/mol. The van der Waals surface area contributed by atoms with Crippen molar-refractivity contribution in [1.82, 2.24) is 9.78 Å². The highest BCUT2D eigenvalue weighted by Gasteiger charge is 2.29. The van der Waals surface area contributed by atoms with Crippen LogP contribution in [0.15, 0.2) is 53.0 Å². The number of aryl methyl sites for hydroxylation is 1.